The first-order valence-corrected chi connectivity index (χ1v) is 21.2. The van der Waals surface area contributed by atoms with Crippen molar-refractivity contribution in [3.8, 4) is 11.4 Å². The molecule has 0 aliphatic heterocycles. The van der Waals surface area contributed by atoms with Crippen LogP contribution in [-0.4, -0.2) is 9.13 Å². The minimum atomic E-state index is 1.08. The first kappa shape index (κ1) is 35.6. The molecule has 0 amide bonds. The molecule has 0 spiro atoms. The maximum absolute atomic E-state index is 2.46. The number of fused-ring (bicyclic) bond motifs is 7. The number of anilines is 6. The summed E-state index contributed by atoms with van der Waals surface area (Å²) in [5, 5.41) is 7.18. The van der Waals surface area contributed by atoms with E-state index < -0.39 is 0 Å². The Morgan fingerprint density at radius 1 is 0.242 bits per heavy atom. The summed E-state index contributed by atoms with van der Waals surface area (Å²) in [4.78, 5) is 4.76. The Morgan fingerprint density at radius 2 is 0.565 bits per heavy atom. The van der Waals surface area contributed by atoms with Gasteiger partial charge in [-0.1, -0.05) is 133 Å². The molecule has 0 radical (unpaired) electrons. The molecule has 2 heterocycles. The summed E-state index contributed by atoms with van der Waals surface area (Å²) < 4.78 is 4.93. The molecule has 0 N–H and O–H groups in total. The largest absolute Gasteiger partial charge is 0.310 e. The van der Waals surface area contributed by atoms with Crippen LogP contribution < -0.4 is 9.80 Å². The van der Waals surface area contributed by atoms with Crippen molar-refractivity contribution in [2.45, 2.75) is 0 Å². The van der Waals surface area contributed by atoms with E-state index in [0.717, 1.165) is 73.0 Å². The lowest BCUT2D eigenvalue weighted by Gasteiger charge is -2.26. The highest BCUT2D eigenvalue weighted by atomic mass is 15.2. The third-order valence-electron chi connectivity index (χ3n) is 12.2. The Bertz CT molecular complexity index is 3420. The molecule has 0 saturated carbocycles. The van der Waals surface area contributed by atoms with Crippen molar-refractivity contribution in [1.82, 2.24) is 9.13 Å². The molecule has 0 saturated heterocycles. The Labute approximate surface area is 360 Å². The predicted molar refractivity (Wildman–Crippen MR) is 262 cm³/mol. The summed E-state index contributed by atoms with van der Waals surface area (Å²) in [6.07, 6.45) is 0. The molecular formula is C58H40N4. The van der Waals surface area contributed by atoms with Gasteiger partial charge in [0.15, 0.2) is 0 Å². The third kappa shape index (κ3) is 5.92. The second-order valence-corrected chi connectivity index (χ2v) is 15.8. The fourth-order valence-electron chi connectivity index (χ4n) is 9.41. The maximum atomic E-state index is 2.46. The molecule has 292 valence electrons. The summed E-state index contributed by atoms with van der Waals surface area (Å²) >= 11 is 0. The van der Waals surface area contributed by atoms with Crippen molar-refractivity contribution in [1.29, 1.82) is 0 Å². The van der Waals surface area contributed by atoms with Gasteiger partial charge in [-0.3, -0.25) is 0 Å². The maximum Gasteiger partial charge on any atom is 0.0804 e. The second kappa shape index (κ2) is 14.7. The van der Waals surface area contributed by atoms with Crippen LogP contribution in [0.3, 0.4) is 0 Å². The SMILES string of the molecule is c1ccc(N(c2ccccc2)c2ccc3c(c2)c2c(c4cc(N(c5ccc6ccccc6c5)c5ccc6ccccc6c5)ccc4n2-c2ccccc2)n3-c2ccccc2)cc1. The van der Waals surface area contributed by atoms with E-state index in [0.29, 0.717) is 0 Å². The van der Waals surface area contributed by atoms with Gasteiger partial charge in [0.05, 0.1) is 22.1 Å². The van der Waals surface area contributed by atoms with Gasteiger partial charge in [-0.2, -0.15) is 0 Å². The molecule has 4 nitrogen and oxygen atoms in total. The lowest BCUT2D eigenvalue weighted by molar-refractivity contribution is 1.17. The third-order valence-corrected chi connectivity index (χ3v) is 12.2. The van der Waals surface area contributed by atoms with Crippen LogP contribution in [0.1, 0.15) is 0 Å². The van der Waals surface area contributed by atoms with Crippen LogP contribution in [0.15, 0.2) is 243 Å². The van der Waals surface area contributed by atoms with Crippen LogP contribution >= 0.6 is 0 Å². The lowest BCUT2D eigenvalue weighted by Crippen LogP contribution is -2.10. The Hall–Kier alpha value is -8.34. The van der Waals surface area contributed by atoms with Crippen molar-refractivity contribution in [3.63, 3.8) is 0 Å². The topological polar surface area (TPSA) is 16.3 Å². The second-order valence-electron chi connectivity index (χ2n) is 15.8. The van der Waals surface area contributed by atoms with Crippen molar-refractivity contribution >= 4 is 88.5 Å². The smallest absolute Gasteiger partial charge is 0.0804 e. The zero-order valence-electron chi connectivity index (χ0n) is 33.9. The van der Waals surface area contributed by atoms with Gasteiger partial charge in [-0.15, -0.1) is 0 Å². The van der Waals surface area contributed by atoms with Gasteiger partial charge in [0, 0.05) is 56.3 Å². The molecule has 0 unspecified atom stereocenters. The molecule has 0 atom stereocenters. The molecule has 4 heteroatoms. The van der Waals surface area contributed by atoms with Gasteiger partial charge in [0.1, 0.15) is 0 Å². The highest BCUT2D eigenvalue weighted by molar-refractivity contribution is 6.21. The van der Waals surface area contributed by atoms with E-state index in [4.69, 9.17) is 0 Å². The predicted octanol–water partition coefficient (Wildman–Crippen LogP) is 16.0. The number of benzene rings is 10. The quantitative estimate of drug-likeness (QED) is 0.152. The fraction of sp³-hybridized carbons (Fsp3) is 0. The van der Waals surface area contributed by atoms with Crippen LogP contribution in [-0.2, 0) is 0 Å². The zero-order valence-corrected chi connectivity index (χ0v) is 33.9. The highest BCUT2D eigenvalue weighted by Gasteiger charge is 2.25. The average molecular weight is 793 g/mol. The van der Waals surface area contributed by atoms with Crippen LogP contribution in [0.5, 0.6) is 0 Å². The van der Waals surface area contributed by atoms with E-state index in [1.54, 1.807) is 0 Å². The van der Waals surface area contributed by atoms with E-state index in [1.807, 2.05) is 0 Å². The minimum absolute atomic E-state index is 1.08. The summed E-state index contributed by atoms with van der Waals surface area (Å²) in [6.45, 7) is 0. The van der Waals surface area contributed by atoms with Gasteiger partial charge in [-0.25, -0.2) is 0 Å². The van der Waals surface area contributed by atoms with E-state index in [9.17, 15) is 0 Å². The molecule has 0 aliphatic carbocycles. The molecule has 0 fully saturated rings. The highest BCUT2D eigenvalue weighted by Crippen LogP contribution is 2.46. The average Bonchev–Trinajstić information content (AvgIpc) is 3.85. The Morgan fingerprint density at radius 3 is 0.984 bits per heavy atom. The molecule has 0 bridgehead atoms. The fourth-order valence-corrected chi connectivity index (χ4v) is 9.41. The molecule has 62 heavy (non-hydrogen) atoms. The van der Waals surface area contributed by atoms with E-state index in [-0.39, 0.29) is 0 Å². The van der Waals surface area contributed by atoms with Crippen LogP contribution in [0.4, 0.5) is 34.1 Å². The number of rotatable bonds is 8. The lowest BCUT2D eigenvalue weighted by atomic mass is 10.1. The van der Waals surface area contributed by atoms with Gasteiger partial charge in [-0.05, 0) is 131 Å². The molecule has 0 aliphatic rings. The number of hydrogen-bond donors (Lipinski definition) is 0. The Kier molecular flexibility index (Phi) is 8.46. The summed E-state index contributed by atoms with van der Waals surface area (Å²) in [7, 11) is 0. The van der Waals surface area contributed by atoms with Crippen molar-refractivity contribution in [2.24, 2.45) is 0 Å². The van der Waals surface area contributed by atoms with E-state index in [1.165, 1.54) is 26.9 Å². The first-order valence-electron chi connectivity index (χ1n) is 21.2. The number of nitrogens with zero attached hydrogens (tertiary/aromatic N) is 4. The summed E-state index contributed by atoms with van der Waals surface area (Å²) in [5.74, 6) is 0. The van der Waals surface area contributed by atoms with Gasteiger partial charge >= 0.3 is 0 Å². The van der Waals surface area contributed by atoms with E-state index in [2.05, 4.69) is 262 Å². The van der Waals surface area contributed by atoms with E-state index >= 15 is 0 Å². The van der Waals surface area contributed by atoms with Gasteiger partial charge < -0.3 is 18.9 Å². The number of aromatic nitrogens is 2. The normalized spacial score (nSPS) is 11.5. The number of hydrogen-bond acceptors (Lipinski definition) is 2. The van der Waals surface area contributed by atoms with Gasteiger partial charge in [0.2, 0.25) is 0 Å². The molecule has 12 aromatic rings. The minimum Gasteiger partial charge on any atom is -0.310 e. The summed E-state index contributed by atoms with van der Waals surface area (Å²) in [5.41, 5.74) is 13.4. The standard InChI is InChI=1S/C58H40N4/c1-5-21-45(22-6-1)59(46-23-7-2-8-24-46)51-33-35-55-53(39-51)57-58(61(55)47-25-9-3-10-26-47)54-40-52(34-36-56(54)62(57)48-27-11-4-12-28-48)60(49-31-29-41-17-13-15-19-43(41)37-49)50-32-30-42-18-14-16-20-44(42)38-50/h1-40H. The van der Waals surface area contributed by atoms with Crippen molar-refractivity contribution in [2.75, 3.05) is 9.80 Å². The van der Waals surface area contributed by atoms with Crippen molar-refractivity contribution in [3.05, 3.63) is 243 Å². The van der Waals surface area contributed by atoms with Crippen LogP contribution in [0, 0.1) is 0 Å². The first-order chi connectivity index (χ1) is 30.8. The monoisotopic (exact) mass is 792 g/mol. The number of para-hydroxylation sites is 4. The molecular weight excluding hydrogens is 753 g/mol. The Balaban J connectivity index is 1.17. The molecule has 12 rings (SSSR count). The van der Waals surface area contributed by atoms with Crippen LogP contribution in [0.2, 0.25) is 0 Å². The van der Waals surface area contributed by atoms with Crippen molar-refractivity contribution < 1.29 is 0 Å². The molecule has 2 aromatic heterocycles. The van der Waals surface area contributed by atoms with Gasteiger partial charge in [0.25, 0.3) is 0 Å². The summed E-state index contributed by atoms with van der Waals surface area (Å²) in [6, 6.07) is 87.7. The zero-order chi connectivity index (χ0) is 41.0. The molecule has 10 aromatic carbocycles. The van der Waals surface area contributed by atoms with Crippen LogP contribution in [0.25, 0.3) is 65.8 Å².